The molecule has 42 heavy (non-hydrogen) atoms. The molecule has 0 aromatic heterocycles. The predicted molar refractivity (Wildman–Crippen MR) is 159 cm³/mol. The highest BCUT2D eigenvalue weighted by molar-refractivity contribution is 6.07. The van der Waals surface area contributed by atoms with Crippen LogP contribution in [0.1, 0.15) is 30.0 Å². The summed E-state index contributed by atoms with van der Waals surface area (Å²) in [6, 6.07) is 24.1. The Bertz CT molecular complexity index is 1460. The molecule has 9 nitrogen and oxygen atoms in total. The number of carbonyl (C=O) groups is 3. The van der Waals surface area contributed by atoms with Crippen LogP contribution >= 0.6 is 0 Å². The molecule has 0 aliphatic carbocycles. The number of nitrogens with zero attached hydrogens (tertiary/aromatic N) is 3. The van der Waals surface area contributed by atoms with Gasteiger partial charge in [-0.2, -0.15) is 0 Å². The Morgan fingerprint density at radius 1 is 1.02 bits per heavy atom. The first-order chi connectivity index (χ1) is 20.3. The molecule has 1 fully saturated rings. The lowest BCUT2D eigenvalue weighted by Crippen LogP contribution is -2.44. The van der Waals surface area contributed by atoms with Gasteiger partial charge in [-0.3, -0.25) is 14.5 Å². The van der Waals surface area contributed by atoms with Gasteiger partial charge in [-0.25, -0.2) is 4.79 Å². The first kappa shape index (κ1) is 29.0. The quantitative estimate of drug-likeness (QED) is 0.338. The van der Waals surface area contributed by atoms with Crippen LogP contribution in [-0.2, 0) is 33.0 Å². The molecular weight excluding hydrogens is 534 g/mol. The number of cyclic esters (lactones) is 1. The fraction of sp³-hybridized carbons (Fsp3) is 0.303. The lowest BCUT2D eigenvalue weighted by atomic mass is 9.83. The van der Waals surface area contributed by atoms with E-state index in [2.05, 4.69) is 0 Å². The molecule has 2 aliphatic rings. The lowest BCUT2D eigenvalue weighted by molar-refractivity contribution is -0.139. The van der Waals surface area contributed by atoms with Gasteiger partial charge in [0.25, 0.3) is 5.91 Å². The molecule has 0 radical (unpaired) electrons. The van der Waals surface area contributed by atoms with Crippen LogP contribution in [0.25, 0.3) is 0 Å². The second-order valence-electron chi connectivity index (χ2n) is 10.6. The van der Waals surface area contributed by atoms with Gasteiger partial charge in [-0.05, 0) is 29.3 Å². The number of hydrogen-bond donors (Lipinski definition) is 2. The molecule has 1 saturated heterocycles. The number of amides is 3. The van der Waals surface area contributed by atoms with Gasteiger partial charge < -0.3 is 24.7 Å². The van der Waals surface area contributed by atoms with Crippen molar-refractivity contribution in [3.05, 3.63) is 108 Å². The van der Waals surface area contributed by atoms with E-state index in [-0.39, 0.29) is 38.1 Å². The Hall–Kier alpha value is -4.47. The minimum atomic E-state index is -1.80. The highest BCUT2D eigenvalue weighted by atomic mass is 16.6. The molecule has 0 unspecified atom stereocenters. The third-order valence-electron chi connectivity index (χ3n) is 7.84. The highest BCUT2D eigenvalue weighted by Gasteiger charge is 2.52. The van der Waals surface area contributed by atoms with Gasteiger partial charge in [0.15, 0.2) is 5.60 Å². The molecule has 5 rings (SSSR count). The van der Waals surface area contributed by atoms with Crippen molar-refractivity contribution < 1.29 is 29.3 Å². The summed E-state index contributed by atoms with van der Waals surface area (Å²) in [6.45, 7) is 3.31. The van der Waals surface area contributed by atoms with Crippen LogP contribution in [0.4, 0.5) is 16.2 Å². The average Bonchev–Trinajstić information content (AvgIpc) is 3.53. The topological polar surface area (TPSA) is 111 Å². The molecule has 2 atom stereocenters. The third-order valence-corrected chi connectivity index (χ3v) is 7.84. The highest BCUT2D eigenvalue weighted by Crippen LogP contribution is 2.45. The SMILES string of the molecule is C[C@@H](/C=C/CC(=O)N(CCO)Cc1ccccc1)[C@]1(O)C(=O)N(Cc2ccc(N3CCOC3=O)cc2)c2ccccc21. The van der Waals surface area contributed by atoms with Crippen molar-refractivity contribution in [1.29, 1.82) is 0 Å². The smallest absolute Gasteiger partial charge is 0.414 e. The fourth-order valence-electron chi connectivity index (χ4n) is 5.51. The van der Waals surface area contributed by atoms with Gasteiger partial charge >= 0.3 is 6.09 Å². The number of benzene rings is 3. The zero-order valence-corrected chi connectivity index (χ0v) is 23.6. The molecular formula is C33H35N3O6. The number of rotatable bonds is 11. The number of hydrogen-bond acceptors (Lipinski definition) is 6. The van der Waals surface area contributed by atoms with Crippen molar-refractivity contribution >= 4 is 29.3 Å². The van der Waals surface area contributed by atoms with Crippen LogP contribution in [0.3, 0.4) is 0 Å². The summed E-state index contributed by atoms with van der Waals surface area (Å²) < 4.78 is 5.01. The summed E-state index contributed by atoms with van der Waals surface area (Å²) in [4.78, 5) is 43.4. The summed E-state index contributed by atoms with van der Waals surface area (Å²) in [7, 11) is 0. The fourth-order valence-corrected chi connectivity index (χ4v) is 5.51. The van der Waals surface area contributed by atoms with Crippen LogP contribution in [0, 0.1) is 5.92 Å². The molecule has 2 heterocycles. The van der Waals surface area contributed by atoms with Gasteiger partial charge in [0.1, 0.15) is 6.61 Å². The maximum atomic E-state index is 13.8. The van der Waals surface area contributed by atoms with E-state index in [4.69, 9.17) is 4.74 Å². The van der Waals surface area contributed by atoms with E-state index in [0.717, 1.165) is 16.8 Å². The van der Waals surface area contributed by atoms with Crippen LogP contribution in [-0.4, -0.2) is 59.3 Å². The number of fused-ring (bicyclic) bond motifs is 1. The van der Waals surface area contributed by atoms with Crippen LogP contribution in [0.15, 0.2) is 91.0 Å². The summed E-state index contributed by atoms with van der Waals surface area (Å²) >= 11 is 0. The molecule has 2 N–H and O–H groups in total. The number of para-hydroxylation sites is 1. The van der Waals surface area contributed by atoms with Gasteiger partial charge in [-0.1, -0.05) is 79.7 Å². The van der Waals surface area contributed by atoms with Crippen molar-refractivity contribution in [2.24, 2.45) is 5.92 Å². The number of ether oxygens (including phenoxy) is 1. The monoisotopic (exact) mass is 569 g/mol. The molecule has 2 aliphatic heterocycles. The van der Waals surface area contributed by atoms with Crippen LogP contribution < -0.4 is 9.80 Å². The second-order valence-corrected chi connectivity index (χ2v) is 10.6. The Kier molecular flexibility index (Phi) is 8.70. The third kappa shape index (κ3) is 5.79. The van der Waals surface area contributed by atoms with Crippen LogP contribution in [0.5, 0.6) is 0 Å². The molecule has 3 aromatic rings. The number of aliphatic hydroxyl groups is 2. The van der Waals surface area contributed by atoms with Crippen molar-refractivity contribution in [3.63, 3.8) is 0 Å². The van der Waals surface area contributed by atoms with Gasteiger partial charge in [0.2, 0.25) is 5.91 Å². The molecule has 0 bridgehead atoms. The number of aliphatic hydroxyl groups excluding tert-OH is 1. The van der Waals surface area contributed by atoms with Gasteiger partial charge in [0.05, 0.1) is 25.4 Å². The maximum absolute atomic E-state index is 13.8. The van der Waals surface area contributed by atoms with E-state index in [0.29, 0.717) is 30.9 Å². The molecule has 0 spiro atoms. The summed E-state index contributed by atoms with van der Waals surface area (Å²) in [6.07, 6.45) is 3.09. The average molecular weight is 570 g/mol. The van der Waals surface area contributed by atoms with E-state index in [1.165, 1.54) is 0 Å². The Balaban J connectivity index is 1.29. The number of carbonyl (C=O) groups excluding carboxylic acids is 3. The summed E-state index contributed by atoms with van der Waals surface area (Å²) in [5.41, 5.74) is 1.87. The summed E-state index contributed by atoms with van der Waals surface area (Å²) in [5, 5.41) is 21.3. The Morgan fingerprint density at radius 2 is 1.74 bits per heavy atom. The Morgan fingerprint density at radius 3 is 2.43 bits per heavy atom. The zero-order valence-electron chi connectivity index (χ0n) is 23.6. The maximum Gasteiger partial charge on any atom is 0.414 e. The molecule has 3 amide bonds. The summed E-state index contributed by atoms with van der Waals surface area (Å²) in [5.74, 6) is -1.22. The Labute approximate surface area is 245 Å². The molecule has 3 aromatic carbocycles. The van der Waals surface area contributed by atoms with E-state index < -0.39 is 17.4 Å². The van der Waals surface area contributed by atoms with Crippen molar-refractivity contribution in [1.82, 2.24) is 4.90 Å². The largest absolute Gasteiger partial charge is 0.447 e. The second kappa shape index (κ2) is 12.6. The molecule has 9 heteroatoms. The minimum absolute atomic E-state index is 0.0731. The molecule has 218 valence electrons. The van der Waals surface area contributed by atoms with E-state index in [1.54, 1.807) is 45.9 Å². The van der Waals surface area contributed by atoms with E-state index in [9.17, 15) is 24.6 Å². The lowest BCUT2D eigenvalue weighted by Gasteiger charge is -2.28. The van der Waals surface area contributed by atoms with Crippen molar-refractivity contribution in [2.45, 2.75) is 32.0 Å². The number of anilines is 2. The molecule has 0 saturated carbocycles. The normalized spacial score (nSPS) is 18.8. The van der Waals surface area contributed by atoms with Gasteiger partial charge in [0, 0.05) is 36.7 Å². The van der Waals surface area contributed by atoms with Crippen LogP contribution in [0.2, 0.25) is 0 Å². The predicted octanol–water partition coefficient (Wildman–Crippen LogP) is 3.98. The van der Waals surface area contributed by atoms with Gasteiger partial charge in [-0.15, -0.1) is 0 Å². The van der Waals surface area contributed by atoms with E-state index in [1.807, 2.05) is 66.7 Å². The standard InChI is InChI=1S/C33H35N3O6/c1-24(8-7-13-30(38)34(18-20-37)22-25-9-3-2-4-10-25)33(41)28-11-5-6-12-29(28)36(31(33)39)23-26-14-16-27(17-15-26)35-19-21-42-32(35)40/h2-12,14-17,24,37,41H,13,18-23H2,1H3/b8-7+/t24-,33+/m0/s1. The van der Waals surface area contributed by atoms with Crippen molar-refractivity contribution in [3.8, 4) is 0 Å². The first-order valence-corrected chi connectivity index (χ1v) is 14.1. The minimum Gasteiger partial charge on any atom is -0.447 e. The zero-order chi connectivity index (χ0) is 29.7. The first-order valence-electron chi connectivity index (χ1n) is 14.1. The van der Waals surface area contributed by atoms with Crippen molar-refractivity contribution in [2.75, 3.05) is 36.1 Å². The van der Waals surface area contributed by atoms with E-state index >= 15 is 0 Å².